The fraction of sp³-hybridized carbons (Fsp3) is 0.889. The molecule has 3 rings (SSSR count). The van der Waals surface area contributed by atoms with Gasteiger partial charge < -0.3 is 10.2 Å². The Kier molecular flexibility index (Phi) is 5.37. The lowest BCUT2D eigenvalue weighted by Crippen LogP contribution is -2.38. The molecule has 4 heteroatoms. The average molecular weight is 306 g/mol. The van der Waals surface area contributed by atoms with Gasteiger partial charge in [0.1, 0.15) is 0 Å². The molecular weight excluding hydrogens is 276 g/mol. The first-order chi connectivity index (χ1) is 10.7. The van der Waals surface area contributed by atoms with Crippen LogP contribution in [0, 0.1) is 11.8 Å². The van der Waals surface area contributed by atoms with Gasteiger partial charge in [-0.2, -0.15) is 0 Å². The standard InChI is InChI=1S/C18H30N2O2/c21-17(19-16-9-8-14-6-5-7-15(14)16)10-11-18(22)20-12-3-1-2-4-13-20/h14-16H,1-13H2,(H,19,21)/t14-,15-,16-/m1/s1. The van der Waals surface area contributed by atoms with Gasteiger partial charge in [0, 0.05) is 32.0 Å². The fourth-order valence-electron chi connectivity index (χ4n) is 4.72. The van der Waals surface area contributed by atoms with Gasteiger partial charge in [-0.15, -0.1) is 0 Å². The summed E-state index contributed by atoms with van der Waals surface area (Å²) in [5.41, 5.74) is 0. The van der Waals surface area contributed by atoms with Crippen LogP contribution in [0.4, 0.5) is 0 Å². The van der Waals surface area contributed by atoms with Gasteiger partial charge in [-0.05, 0) is 43.9 Å². The number of carbonyl (C=O) groups is 2. The highest BCUT2D eigenvalue weighted by atomic mass is 16.2. The van der Waals surface area contributed by atoms with E-state index in [0.29, 0.717) is 24.8 Å². The Hall–Kier alpha value is -1.06. The quantitative estimate of drug-likeness (QED) is 0.868. The van der Waals surface area contributed by atoms with Gasteiger partial charge in [-0.1, -0.05) is 25.7 Å². The molecule has 124 valence electrons. The van der Waals surface area contributed by atoms with E-state index < -0.39 is 0 Å². The number of fused-ring (bicyclic) bond motifs is 1. The molecule has 2 saturated carbocycles. The number of hydrogen-bond acceptors (Lipinski definition) is 2. The number of amides is 2. The number of nitrogens with zero attached hydrogens (tertiary/aromatic N) is 1. The topological polar surface area (TPSA) is 49.4 Å². The van der Waals surface area contributed by atoms with E-state index in [4.69, 9.17) is 0 Å². The molecule has 0 spiro atoms. The highest BCUT2D eigenvalue weighted by Crippen LogP contribution is 2.43. The highest BCUT2D eigenvalue weighted by Gasteiger charge is 2.39. The Morgan fingerprint density at radius 2 is 1.64 bits per heavy atom. The molecule has 3 fully saturated rings. The van der Waals surface area contributed by atoms with Gasteiger partial charge in [-0.3, -0.25) is 9.59 Å². The minimum Gasteiger partial charge on any atom is -0.353 e. The second-order valence-corrected chi connectivity index (χ2v) is 7.40. The summed E-state index contributed by atoms with van der Waals surface area (Å²) >= 11 is 0. The predicted molar refractivity (Wildman–Crippen MR) is 86.3 cm³/mol. The molecule has 3 aliphatic rings. The monoisotopic (exact) mass is 306 g/mol. The van der Waals surface area contributed by atoms with Gasteiger partial charge in [-0.25, -0.2) is 0 Å². The average Bonchev–Trinajstić information content (AvgIpc) is 3.01. The maximum absolute atomic E-state index is 12.2. The van der Waals surface area contributed by atoms with E-state index in [1.54, 1.807) is 0 Å². The minimum atomic E-state index is 0.0840. The minimum absolute atomic E-state index is 0.0840. The fourth-order valence-corrected chi connectivity index (χ4v) is 4.72. The summed E-state index contributed by atoms with van der Waals surface area (Å²) in [5.74, 6) is 1.82. The molecule has 1 aliphatic heterocycles. The van der Waals surface area contributed by atoms with Crippen LogP contribution in [0.2, 0.25) is 0 Å². The van der Waals surface area contributed by atoms with Crippen molar-refractivity contribution in [2.24, 2.45) is 11.8 Å². The van der Waals surface area contributed by atoms with Crippen molar-refractivity contribution in [3.63, 3.8) is 0 Å². The second kappa shape index (κ2) is 7.47. The first-order valence-electron chi connectivity index (χ1n) is 9.31. The van der Waals surface area contributed by atoms with Gasteiger partial charge in [0.25, 0.3) is 0 Å². The Labute approximate surface area is 134 Å². The van der Waals surface area contributed by atoms with Crippen LogP contribution >= 0.6 is 0 Å². The summed E-state index contributed by atoms with van der Waals surface area (Å²) in [6, 6.07) is 0.383. The van der Waals surface area contributed by atoms with Crippen LogP contribution in [-0.4, -0.2) is 35.8 Å². The zero-order chi connectivity index (χ0) is 15.4. The van der Waals surface area contributed by atoms with Gasteiger partial charge in [0.05, 0.1) is 0 Å². The van der Waals surface area contributed by atoms with E-state index in [-0.39, 0.29) is 11.8 Å². The lowest BCUT2D eigenvalue weighted by Gasteiger charge is -2.22. The molecule has 1 N–H and O–H groups in total. The van der Waals surface area contributed by atoms with Crippen molar-refractivity contribution >= 4 is 11.8 Å². The number of nitrogens with one attached hydrogen (secondary N) is 1. The third-order valence-electron chi connectivity index (χ3n) is 5.95. The normalized spacial score (nSPS) is 31.6. The highest BCUT2D eigenvalue weighted by molar-refractivity contribution is 5.84. The molecule has 0 aromatic carbocycles. The first kappa shape index (κ1) is 15.8. The number of hydrogen-bond donors (Lipinski definition) is 1. The lowest BCUT2D eigenvalue weighted by atomic mass is 9.97. The summed E-state index contributed by atoms with van der Waals surface area (Å²) < 4.78 is 0. The zero-order valence-electron chi connectivity index (χ0n) is 13.7. The van der Waals surface area contributed by atoms with Gasteiger partial charge in [0.2, 0.25) is 11.8 Å². The van der Waals surface area contributed by atoms with Crippen molar-refractivity contribution in [3.8, 4) is 0 Å². The molecule has 22 heavy (non-hydrogen) atoms. The maximum atomic E-state index is 12.2. The van der Waals surface area contributed by atoms with Crippen LogP contribution in [0.15, 0.2) is 0 Å². The molecule has 0 radical (unpaired) electrons. The predicted octanol–water partition coefficient (Wildman–Crippen LogP) is 2.86. The molecule has 4 nitrogen and oxygen atoms in total. The van der Waals surface area contributed by atoms with Crippen molar-refractivity contribution in [1.29, 1.82) is 0 Å². The van der Waals surface area contributed by atoms with Crippen molar-refractivity contribution in [2.45, 2.75) is 76.7 Å². The summed E-state index contributed by atoms with van der Waals surface area (Å²) in [5, 5.41) is 3.21. The van der Waals surface area contributed by atoms with Crippen molar-refractivity contribution in [1.82, 2.24) is 10.2 Å². The van der Waals surface area contributed by atoms with Crippen LogP contribution in [0.5, 0.6) is 0 Å². The molecule has 2 amide bonds. The third-order valence-corrected chi connectivity index (χ3v) is 5.95. The molecular formula is C18H30N2O2. The van der Waals surface area contributed by atoms with E-state index in [0.717, 1.165) is 38.3 Å². The number of carbonyl (C=O) groups excluding carboxylic acids is 2. The molecule has 0 unspecified atom stereocenters. The van der Waals surface area contributed by atoms with E-state index in [1.807, 2.05) is 4.90 Å². The molecule has 1 saturated heterocycles. The van der Waals surface area contributed by atoms with Gasteiger partial charge >= 0.3 is 0 Å². The Balaban J connectivity index is 1.39. The van der Waals surface area contributed by atoms with Crippen LogP contribution in [-0.2, 0) is 9.59 Å². The Bertz CT molecular complexity index is 402. The Morgan fingerprint density at radius 1 is 0.864 bits per heavy atom. The van der Waals surface area contributed by atoms with E-state index in [1.165, 1.54) is 38.5 Å². The van der Waals surface area contributed by atoms with Crippen LogP contribution < -0.4 is 5.32 Å². The van der Waals surface area contributed by atoms with Crippen molar-refractivity contribution < 1.29 is 9.59 Å². The first-order valence-corrected chi connectivity index (χ1v) is 9.31. The largest absolute Gasteiger partial charge is 0.353 e. The summed E-state index contributed by atoms with van der Waals surface area (Å²) in [4.78, 5) is 26.3. The van der Waals surface area contributed by atoms with E-state index in [2.05, 4.69) is 5.32 Å². The summed E-state index contributed by atoms with van der Waals surface area (Å²) in [6.45, 7) is 1.76. The molecule has 1 heterocycles. The van der Waals surface area contributed by atoms with Crippen molar-refractivity contribution in [2.75, 3.05) is 13.1 Å². The Morgan fingerprint density at radius 3 is 2.41 bits per heavy atom. The maximum Gasteiger partial charge on any atom is 0.223 e. The van der Waals surface area contributed by atoms with E-state index >= 15 is 0 Å². The number of likely N-dealkylation sites (tertiary alicyclic amines) is 1. The smallest absolute Gasteiger partial charge is 0.223 e. The molecule has 0 bridgehead atoms. The lowest BCUT2D eigenvalue weighted by molar-refractivity contribution is -0.133. The summed E-state index contributed by atoms with van der Waals surface area (Å²) in [6.07, 6.45) is 11.8. The molecule has 2 aliphatic carbocycles. The van der Waals surface area contributed by atoms with Gasteiger partial charge in [0.15, 0.2) is 0 Å². The zero-order valence-corrected chi connectivity index (χ0v) is 13.7. The second-order valence-electron chi connectivity index (χ2n) is 7.40. The molecule has 0 aromatic heterocycles. The SMILES string of the molecule is O=C(CCC(=O)N1CCCCCC1)N[C@@H]1CC[C@H]2CCC[C@H]21. The van der Waals surface area contributed by atoms with E-state index in [9.17, 15) is 9.59 Å². The number of rotatable bonds is 4. The summed E-state index contributed by atoms with van der Waals surface area (Å²) in [7, 11) is 0. The van der Waals surface area contributed by atoms with Crippen molar-refractivity contribution in [3.05, 3.63) is 0 Å². The molecule has 0 aromatic rings. The molecule has 3 atom stereocenters. The van der Waals surface area contributed by atoms with Crippen LogP contribution in [0.3, 0.4) is 0 Å². The third kappa shape index (κ3) is 3.82. The van der Waals surface area contributed by atoms with Crippen LogP contribution in [0.1, 0.15) is 70.6 Å². The van der Waals surface area contributed by atoms with Crippen LogP contribution in [0.25, 0.3) is 0 Å².